The maximum atomic E-state index is 14.1. The van der Waals surface area contributed by atoms with E-state index in [4.69, 9.17) is 37.9 Å². The highest BCUT2D eigenvalue weighted by Crippen LogP contribution is 2.43. The van der Waals surface area contributed by atoms with Crippen LogP contribution in [-0.4, -0.2) is 53.0 Å². The van der Waals surface area contributed by atoms with Gasteiger partial charge in [-0.05, 0) is 101 Å². The molecular weight excluding hydrogens is 775 g/mol. The van der Waals surface area contributed by atoms with Crippen LogP contribution < -0.4 is 19.7 Å². The van der Waals surface area contributed by atoms with Crippen molar-refractivity contribution in [3.8, 4) is 28.7 Å². The molecule has 2 N–H and O–H groups in total. The number of carbonyl (C=O) groups excluding carboxylic acids is 2. The van der Waals surface area contributed by atoms with E-state index in [0.29, 0.717) is 57.9 Å². The van der Waals surface area contributed by atoms with E-state index in [1.165, 1.54) is 0 Å². The number of carboxylic acid groups (broad SMARTS) is 1. The van der Waals surface area contributed by atoms with Crippen LogP contribution in [0.5, 0.6) is 11.5 Å². The second-order valence-electron chi connectivity index (χ2n) is 15.1. The van der Waals surface area contributed by atoms with Crippen molar-refractivity contribution in [1.29, 1.82) is 5.26 Å². The van der Waals surface area contributed by atoms with Gasteiger partial charge in [0, 0.05) is 31.6 Å². The highest BCUT2D eigenvalue weighted by atomic mass is 35.5. The Hall–Kier alpha value is -5.86. The van der Waals surface area contributed by atoms with Gasteiger partial charge >= 0.3 is 5.97 Å². The number of benzene rings is 5. The second-order valence-corrected chi connectivity index (χ2v) is 15.9. The van der Waals surface area contributed by atoms with Gasteiger partial charge in [-0.15, -0.1) is 0 Å². The number of nitrogens with one attached hydrogen (secondary N) is 1. The molecule has 3 atom stereocenters. The summed E-state index contributed by atoms with van der Waals surface area (Å²) in [4.78, 5) is 44.1. The molecular formula is C46H40Cl2N4O6. The molecule has 2 heterocycles. The average molecular weight is 816 g/mol. The van der Waals surface area contributed by atoms with Crippen molar-refractivity contribution in [2.75, 3.05) is 11.9 Å². The molecule has 5 aromatic rings. The molecule has 58 heavy (non-hydrogen) atoms. The van der Waals surface area contributed by atoms with Crippen LogP contribution in [0.3, 0.4) is 0 Å². The Kier molecular flexibility index (Phi) is 11.1. The normalized spacial score (nSPS) is 18.2. The minimum Gasteiger partial charge on any atom is -0.489 e. The number of hydrogen-bond donors (Lipinski definition) is 2. The summed E-state index contributed by atoms with van der Waals surface area (Å²) in [6.07, 6.45) is 2.62. The maximum Gasteiger partial charge on any atom is 0.326 e. The van der Waals surface area contributed by atoms with E-state index < -0.39 is 24.2 Å². The Morgan fingerprint density at radius 1 is 0.914 bits per heavy atom. The Balaban J connectivity index is 0.959. The van der Waals surface area contributed by atoms with E-state index >= 15 is 0 Å². The number of likely N-dealkylation sites (N-methyl/N-ethyl adjacent to an activating group) is 1. The van der Waals surface area contributed by atoms with Crippen LogP contribution >= 0.6 is 23.2 Å². The fourth-order valence-electron chi connectivity index (χ4n) is 7.82. The molecule has 3 aliphatic rings. The summed E-state index contributed by atoms with van der Waals surface area (Å²) in [5.74, 6) is -0.463. The molecule has 2 unspecified atom stereocenters. The molecule has 2 amide bonds. The monoisotopic (exact) mass is 814 g/mol. The summed E-state index contributed by atoms with van der Waals surface area (Å²) < 4.78 is 12.4. The summed E-state index contributed by atoms with van der Waals surface area (Å²) in [5.41, 5.74) is 7.34. The number of aliphatic carboxylic acids is 1. The number of nitriles is 1. The van der Waals surface area contributed by atoms with E-state index in [9.17, 15) is 19.5 Å². The van der Waals surface area contributed by atoms with Crippen LogP contribution in [-0.2, 0) is 40.4 Å². The van der Waals surface area contributed by atoms with Crippen LogP contribution in [0.4, 0.5) is 5.69 Å². The van der Waals surface area contributed by atoms with E-state index in [2.05, 4.69) is 16.3 Å². The van der Waals surface area contributed by atoms with E-state index in [1.807, 2.05) is 66.7 Å². The summed E-state index contributed by atoms with van der Waals surface area (Å²) in [6.45, 7) is 0.796. The topological polar surface area (TPSA) is 132 Å². The van der Waals surface area contributed by atoms with Crippen molar-refractivity contribution >= 4 is 46.7 Å². The molecule has 1 aliphatic carbocycles. The van der Waals surface area contributed by atoms with Gasteiger partial charge in [-0.2, -0.15) is 5.26 Å². The largest absolute Gasteiger partial charge is 0.489 e. The zero-order valence-corrected chi connectivity index (χ0v) is 33.2. The third kappa shape index (κ3) is 8.12. The summed E-state index contributed by atoms with van der Waals surface area (Å²) in [5, 5.41) is 23.1. The van der Waals surface area contributed by atoms with Crippen molar-refractivity contribution in [3.05, 3.63) is 147 Å². The highest BCUT2D eigenvalue weighted by molar-refractivity contribution is 6.42. The number of carboxylic acids is 1. The van der Waals surface area contributed by atoms with Gasteiger partial charge in [-0.3, -0.25) is 14.5 Å². The van der Waals surface area contributed by atoms with Crippen LogP contribution in [0, 0.1) is 11.3 Å². The molecule has 0 saturated heterocycles. The fourth-order valence-corrected chi connectivity index (χ4v) is 8.14. The van der Waals surface area contributed by atoms with Crippen molar-refractivity contribution in [2.24, 2.45) is 0 Å². The molecule has 10 nitrogen and oxygen atoms in total. The van der Waals surface area contributed by atoms with Gasteiger partial charge in [0.05, 0.1) is 33.4 Å². The first-order valence-electron chi connectivity index (χ1n) is 19.2. The Labute approximate surface area is 346 Å². The van der Waals surface area contributed by atoms with Gasteiger partial charge in [0.25, 0.3) is 5.91 Å². The standard InChI is InChI=1S/C46H40Cl2N4O6/c1-51-40-21-33-22-41(44(53)50-39(46(55)56)20-27-5-10-30(11-6-27)31-12-7-28(24-49)8-13-31)52(35-3-2-4-35)25-34(33)23-42(40)58-43(45(51)54)32-14-16-36(17-15-32)57-26-29-9-18-37(47)38(48)19-29/h5-19,21,23,35,39,41,43H,2-4,20,22,25-26H2,1H3,(H,50,53)(H,55,56)/t39-,41?,43?/m0/s1. The molecule has 1 saturated carbocycles. The smallest absolute Gasteiger partial charge is 0.326 e. The predicted molar refractivity (Wildman–Crippen MR) is 221 cm³/mol. The molecule has 5 aromatic carbocycles. The molecule has 294 valence electrons. The van der Waals surface area contributed by atoms with E-state index in [-0.39, 0.29) is 24.3 Å². The number of nitrogens with zero attached hydrogens (tertiary/aromatic N) is 3. The molecule has 1 fully saturated rings. The van der Waals surface area contributed by atoms with Gasteiger partial charge < -0.3 is 24.8 Å². The zero-order chi connectivity index (χ0) is 40.5. The van der Waals surface area contributed by atoms with Gasteiger partial charge in [0.15, 0.2) is 0 Å². The number of halogens is 2. The Morgan fingerprint density at radius 2 is 1.60 bits per heavy atom. The molecule has 0 radical (unpaired) electrons. The fraction of sp³-hybridized carbons (Fsp3) is 0.261. The summed E-state index contributed by atoms with van der Waals surface area (Å²) in [7, 11) is 1.72. The number of anilines is 1. The number of fused-ring (bicyclic) bond motifs is 2. The molecule has 0 spiro atoms. The Bertz CT molecular complexity index is 2410. The molecule has 12 heteroatoms. The van der Waals surface area contributed by atoms with Gasteiger partial charge in [-0.1, -0.05) is 84.2 Å². The minimum atomic E-state index is -1.13. The first-order chi connectivity index (χ1) is 28.0. The first-order valence-corrected chi connectivity index (χ1v) is 20.0. The molecule has 0 aromatic heterocycles. The lowest BCUT2D eigenvalue weighted by Crippen LogP contribution is -2.58. The SMILES string of the molecule is CN1C(=O)C(c2ccc(OCc3ccc(Cl)c(Cl)c3)cc2)Oc2cc3c(cc21)CC(C(=O)N[C@@H](Cc1ccc(-c2ccc(C#N)cc2)cc1)C(=O)O)N(C1CCC1)C3. The van der Waals surface area contributed by atoms with E-state index in [0.717, 1.165) is 52.6 Å². The number of ether oxygens (including phenoxy) is 2. The lowest BCUT2D eigenvalue weighted by atomic mass is 9.84. The van der Waals surface area contributed by atoms with Crippen molar-refractivity contribution in [1.82, 2.24) is 10.2 Å². The van der Waals surface area contributed by atoms with Crippen molar-refractivity contribution in [3.63, 3.8) is 0 Å². The van der Waals surface area contributed by atoms with Gasteiger partial charge in [0.2, 0.25) is 12.0 Å². The third-order valence-corrected chi connectivity index (χ3v) is 12.1. The third-order valence-electron chi connectivity index (χ3n) is 11.4. The highest BCUT2D eigenvalue weighted by Gasteiger charge is 2.41. The number of rotatable bonds is 11. The van der Waals surface area contributed by atoms with Gasteiger partial charge in [-0.25, -0.2) is 4.79 Å². The predicted octanol–water partition coefficient (Wildman–Crippen LogP) is 8.30. The quantitative estimate of drug-likeness (QED) is 0.136. The first kappa shape index (κ1) is 39.0. The lowest BCUT2D eigenvalue weighted by Gasteiger charge is -2.45. The Morgan fingerprint density at radius 3 is 2.24 bits per heavy atom. The number of amides is 2. The zero-order valence-electron chi connectivity index (χ0n) is 31.7. The number of hydrogen-bond acceptors (Lipinski definition) is 7. The molecule has 2 aliphatic heterocycles. The molecule has 8 rings (SSSR count). The van der Waals surface area contributed by atoms with Crippen LogP contribution in [0.2, 0.25) is 10.0 Å². The van der Waals surface area contributed by atoms with Gasteiger partial charge in [0.1, 0.15) is 24.1 Å². The van der Waals surface area contributed by atoms with Crippen LogP contribution in [0.1, 0.15) is 58.7 Å². The minimum absolute atomic E-state index is 0.120. The van der Waals surface area contributed by atoms with Crippen LogP contribution in [0.15, 0.2) is 103 Å². The molecule has 0 bridgehead atoms. The van der Waals surface area contributed by atoms with Crippen LogP contribution in [0.25, 0.3) is 11.1 Å². The summed E-state index contributed by atoms with van der Waals surface area (Å²) in [6, 6.07) is 31.9. The average Bonchev–Trinajstić information content (AvgIpc) is 3.21. The summed E-state index contributed by atoms with van der Waals surface area (Å²) >= 11 is 12.2. The lowest BCUT2D eigenvalue weighted by molar-refractivity contribution is -0.143. The van der Waals surface area contributed by atoms with E-state index in [1.54, 1.807) is 48.3 Å². The van der Waals surface area contributed by atoms with Crippen molar-refractivity contribution < 1.29 is 29.0 Å². The maximum absolute atomic E-state index is 14.1. The second kappa shape index (κ2) is 16.5. The van der Waals surface area contributed by atoms with Crippen molar-refractivity contribution in [2.45, 2.75) is 69.5 Å². The number of carbonyl (C=O) groups is 3.